The van der Waals surface area contributed by atoms with Crippen molar-refractivity contribution in [2.45, 2.75) is 37.8 Å². The van der Waals surface area contributed by atoms with Gasteiger partial charge in [-0.2, -0.15) is 0 Å². The fourth-order valence-electron chi connectivity index (χ4n) is 5.00. The number of aromatic nitrogens is 1. The molecule has 154 valence electrons. The maximum Gasteiger partial charge on any atom is 0.146 e. The van der Waals surface area contributed by atoms with Crippen molar-refractivity contribution in [2.75, 3.05) is 13.9 Å². The van der Waals surface area contributed by atoms with E-state index in [1.54, 1.807) is 19.4 Å². The number of rotatable bonds is 6. The molecule has 1 heterocycles. The van der Waals surface area contributed by atoms with Crippen LogP contribution < -0.4 is 5.73 Å². The second kappa shape index (κ2) is 9.16. The Labute approximate surface area is 171 Å². The fraction of sp³-hybridized carbons (Fsp3) is 0.458. The van der Waals surface area contributed by atoms with Crippen LogP contribution in [0, 0.1) is 23.6 Å². The molecule has 1 aromatic heterocycles. The highest BCUT2D eigenvalue weighted by Crippen LogP contribution is 2.46. The van der Waals surface area contributed by atoms with Crippen molar-refractivity contribution >= 4 is 6.08 Å². The first-order valence-electron chi connectivity index (χ1n) is 10.4. The molecule has 0 aliphatic heterocycles. The minimum Gasteiger partial charge on any atom is -0.359 e. The van der Waals surface area contributed by atoms with Crippen LogP contribution in [0.2, 0.25) is 0 Å². The summed E-state index contributed by atoms with van der Waals surface area (Å²) in [6, 6.07) is 10.7. The van der Waals surface area contributed by atoms with Gasteiger partial charge in [-0.1, -0.05) is 24.3 Å². The smallest absolute Gasteiger partial charge is 0.146 e. The van der Waals surface area contributed by atoms with Crippen LogP contribution in [0.4, 0.5) is 4.39 Å². The molecule has 0 bridgehead atoms. The van der Waals surface area contributed by atoms with E-state index in [1.165, 1.54) is 12.1 Å². The van der Waals surface area contributed by atoms with E-state index < -0.39 is 0 Å². The molecule has 2 aliphatic carbocycles. The highest BCUT2D eigenvalue weighted by atomic mass is 19.1. The van der Waals surface area contributed by atoms with Crippen LogP contribution in [0.3, 0.4) is 0 Å². The van der Waals surface area contributed by atoms with Gasteiger partial charge in [0.05, 0.1) is 11.8 Å². The van der Waals surface area contributed by atoms with Gasteiger partial charge in [0.15, 0.2) is 0 Å². The molecule has 2 aliphatic rings. The number of methoxy groups -OCH3 is 1. The first kappa shape index (κ1) is 20.2. The predicted octanol–water partition coefficient (Wildman–Crippen LogP) is 4.65. The number of benzene rings is 1. The Balaban J connectivity index is 1.40. The van der Waals surface area contributed by atoms with Crippen molar-refractivity contribution in [1.29, 1.82) is 0 Å². The van der Waals surface area contributed by atoms with Crippen LogP contribution in [-0.2, 0) is 9.47 Å². The number of hydrogen-bond acceptors (Lipinski definition) is 4. The highest BCUT2D eigenvalue weighted by Gasteiger charge is 2.43. The van der Waals surface area contributed by atoms with Crippen molar-refractivity contribution in [1.82, 2.24) is 4.98 Å². The van der Waals surface area contributed by atoms with Crippen molar-refractivity contribution in [3.63, 3.8) is 0 Å². The predicted molar refractivity (Wildman–Crippen MR) is 112 cm³/mol. The molecule has 4 rings (SSSR count). The van der Waals surface area contributed by atoms with Gasteiger partial charge in [-0.25, -0.2) is 4.39 Å². The lowest BCUT2D eigenvalue weighted by molar-refractivity contribution is -0.0930. The molecular formula is C24H29FN2O2. The van der Waals surface area contributed by atoms with E-state index in [9.17, 15) is 4.39 Å². The number of nitrogens with two attached hydrogens (primary N) is 1. The summed E-state index contributed by atoms with van der Waals surface area (Å²) in [7, 11) is 1.66. The van der Waals surface area contributed by atoms with E-state index in [0.717, 1.165) is 42.5 Å². The van der Waals surface area contributed by atoms with Crippen molar-refractivity contribution in [2.24, 2.45) is 23.5 Å². The molecule has 2 N–H and O–H groups in total. The summed E-state index contributed by atoms with van der Waals surface area (Å²) in [5.74, 6) is 1.39. The summed E-state index contributed by atoms with van der Waals surface area (Å²) in [5.41, 5.74) is 9.14. The number of halogens is 1. The molecule has 0 unspecified atom stereocenters. The number of nitrogens with zero attached hydrogens (tertiary/aromatic N) is 1. The van der Waals surface area contributed by atoms with Gasteiger partial charge in [0, 0.05) is 24.9 Å². The Kier molecular flexibility index (Phi) is 6.38. The van der Waals surface area contributed by atoms with Crippen LogP contribution in [-0.4, -0.2) is 31.0 Å². The monoisotopic (exact) mass is 396 g/mol. The molecule has 4 nitrogen and oxygen atoms in total. The van der Waals surface area contributed by atoms with Crippen LogP contribution in [0.25, 0.3) is 17.2 Å². The Morgan fingerprint density at radius 2 is 2.07 bits per heavy atom. The van der Waals surface area contributed by atoms with Crippen LogP contribution >= 0.6 is 0 Å². The molecule has 5 heteroatoms. The van der Waals surface area contributed by atoms with E-state index in [-0.39, 0.29) is 11.9 Å². The number of fused-ring (bicyclic) bond motifs is 1. The van der Waals surface area contributed by atoms with Crippen LogP contribution in [0.1, 0.15) is 31.4 Å². The number of pyridine rings is 1. The van der Waals surface area contributed by atoms with E-state index in [2.05, 4.69) is 17.1 Å². The Bertz CT molecular complexity index is 839. The third-order valence-electron chi connectivity index (χ3n) is 6.41. The average molecular weight is 397 g/mol. The fourth-order valence-corrected chi connectivity index (χ4v) is 5.00. The zero-order valence-corrected chi connectivity index (χ0v) is 16.8. The minimum atomic E-state index is -0.237. The molecule has 2 fully saturated rings. The van der Waals surface area contributed by atoms with E-state index in [4.69, 9.17) is 15.2 Å². The second-order valence-corrected chi connectivity index (χ2v) is 8.25. The van der Waals surface area contributed by atoms with E-state index >= 15 is 0 Å². The summed E-state index contributed by atoms with van der Waals surface area (Å²) in [5, 5.41) is 0. The van der Waals surface area contributed by atoms with Gasteiger partial charge < -0.3 is 15.2 Å². The van der Waals surface area contributed by atoms with Gasteiger partial charge in [-0.15, -0.1) is 0 Å². The van der Waals surface area contributed by atoms with Crippen LogP contribution in [0.15, 0.2) is 48.7 Å². The second-order valence-electron chi connectivity index (χ2n) is 8.25. The lowest BCUT2D eigenvalue weighted by Gasteiger charge is -2.33. The van der Waals surface area contributed by atoms with Gasteiger partial charge in [0.1, 0.15) is 12.6 Å². The summed E-state index contributed by atoms with van der Waals surface area (Å²) >= 11 is 0. The highest BCUT2D eigenvalue weighted by molar-refractivity contribution is 5.63. The van der Waals surface area contributed by atoms with Crippen molar-refractivity contribution in [3.05, 3.63) is 60.2 Å². The number of hydrogen-bond donors (Lipinski definition) is 1. The standard InChI is InChI=1S/C24H29FN2O2/c1-28-15-29-21-8-10-22-18(12-21)13-24(26)23(22)9-7-20-6-5-17(14-27-20)16-3-2-4-19(25)11-16/h2-7,9,11,14,18,21-24H,8,10,12-13,15,26H2,1H3/t18-,21+,22+,23-,24+/m0/s1. The molecule has 5 atom stereocenters. The first-order valence-corrected chi connectivity index (χ1v) is 10.4. The van der Waals surface area contributed by atoms with E-state index in [1.807, 2.05) is 18.2 Å². The Morgan fingerprint density at radius 3 is 2.83 bits per heavy atom. The largest absolute Gasteiger partial charge is 0.359 e. The first-order chi connectivity index (χ1) is 14.1. The normalized spacial score (nSPS) is 29.3. The summed E-state index contributed by atoms with van der Waals surface area (Å²) < 4.78 is 24.3. The molecule has 0 spiro atoms. The summed E-state index contributed by atoms with van der Waals surface area (Å²) in [6.45, 7) is 0.370. The van der Waals surface area contributed by atoms with Gasteiger partial charge in [0.25, 0.3) is 0 Å². The van der Waals surface area contributed by atoms with Crippen LogP contribution in [0.5, 0.6) is 0 Å². The lowest BCUT2D eigenvalue weighted by Crippen LogP contribution is -2.30. The zero-order valence-electron chi connectivity index (χ0n) is 16.8. The maximum atomic E-state index is 13.4. The molecule has 1 aromatic carbocycles. The van der Waals surface area contributed by atoms with Crippen molar-refractivity contribution in [3.8, 4) is 11.1 Å². The maximum absolute atomic E-state index is 13.4. The lowest BCUT2D eigenvalue weighted by atomic mass is 9.76. The van der Waals surface area contributed by atoms with Gasteiger partial charge in [0.2, 0.25) is 0 Å². The molecule has 0 radical (unpaired) electrons. The minimum absolute atomic E-state index is 0.189. The van der Waals surface area contributed by atoms with Gasteiger partial charge >= 0.3 is 0 Å². The molecule has 0 amide bonds. The summed E-state index contributed by atoms with van der Waals surface area (Å²) in [6.07, 6.45) is 10.8. The van der Waals surface area contributed by atoms with Gasteiger partial charge in [-0.05, 0) is 73.3 Å². The van der Waals surface area contributed by atoms with Crippen molar-refractivity contribution < 1.29 is 13.9 Å². The molecule has 0 saturated heterocycles. The quantitative estimate of drug-likeness (QED) is 0.722. The third-order valence-corrected chi connectivity index (χ3v) is 6.41. The zero-order chi connectivity index (χ0) is 20.2. The molecular weight excluding hydrogens is 367 g/mol. The summed E-state index contributed by atoms with van der Waals surface area (Å²) in [4.78, 5) is 4.54. The third kappa shape index (κ3) is 4.74. The molecule has 2 saturated carbocycles. The number of ether oxygens (including phenoxy) is 2. The SMILES string of the molecule is COCO[C@@H]1CC[C@@H]2[C@@H](C1)C[C@@H](N)[C@H]2C=Cc1ccc(-c2cccc(F)c2)cn1. The Hall–Kier alpha value is -2.08. The molecule has 29 heavy (non-hydrogen) atoms. The van der Waals surface area contributed by atoms with E-state index in [0.29, 0.717) is 30.7 Å². The molecule has 2 aromatic rings. The Morgan fingerprint density at radius 1 is 1.17 bits per heavy atom. The average Bonchev–Trinajstić information content (AvgIpc) is 3.05. The topological polar surface area (TPSA) is 57.4 Å². The van der Waals surface area contributed by atoms with Gasteiger partial charge in [-0.3, -0.25) is 4.98 Å².